The minimum atomic E-state index is -0.690. The molecule has 0 bridgehead atoms. The van der Waals surface area contributed by atoms with Crippen LogP contribution in [-0.2, 0) is 9.53 Å². The van der Waals surface area contributed by atoms with Crippen molar-refractivity contribution in [3.63, 3.8) is 0 Å². The topological polar surface area (TPSA) is 66.0 Å². The first kappa shape index (κ1) is 17.1. The summed E-state index contributed by atoms with van der Waals surface area (Å²) < 4.78 is 22.1. The summed E-state index contributed by atoms with van der Waals surface area (Å²) in [4.78, 5) is 12.4. The second-order valence-corrected chi connectivity index (χ2v) is 5.58. The summed E-state index contributed by atoms with van der Waals surface area (Å²) in [7, 11) is 3.20. The number of fused-ring (bicyclic) bond motifs is 1. The van der Waals surface area contributed by atoms with Crippen LogP contribution < -0.4 is 19.5 Å². The zero-order chi connectivity index (χ0) is 17.6. The summed E-state index contributed by atoms with van der Waals surface area (Å²) in [5.74, 6) is 1.69. The van der Waals surface area contributed by atoms with Gasteiger partial charge in [0.1, 0.15) is 18.5 Å². The van der Waals surface area contributed by atoms with E-state index in [2.05, 4.69) is 5.32 Å². The normalized spacial score (nSPS) is 16.8. The molecular weight excluding hydrogens is 322 g/mol. The van der Waals surface area contributed by atoms with Crippen molar-refractivity contribution in [1.29, 1.82) is 0 Å². The van der Waals surface area contributed by atoms with Crippen LogP contribution >= 0.6 is 0 Å². The average Bonchev–Trinajstić information content (AvgIpc) is 2.68. The molecule has 1 aliphatic heterocycles. The van der Waals surface area contributed by atoms with Gasteiger partial charge in [0.25, 0.3) is 5.91 Å². The maximum absolute atomic E-state index is 12.4. The van der Waals surface area contributed by atoms with Gasteiger partial charge in [-0.1, -0.05) is 30.3 Å². The molecular formula is C19H21NO5. The smallest absolute Gasteiger partial charge is 0.264 e. The van der Waals surface area contributed by atoms with Crippen molar-refractivity contribution in [3.8, 4) is 17.2 Å². The molecule has 3 rings (SSSR count). The number of carbonyl (C=O) groups excluding carboxylic acids is 1. The summed E-state index contributed by atoms with van der Waals surface area (Å²) in [6.45, 7) is 0.479. The fourth-order valence-corrected chi connectivity index (χ4v) is 2.71. The molecule has 6 heteroatoms. The van der Waals surface area contributed by atoms with Gasteiger partial charge in [0.2, 0.25) is 6.10 Å². The molecule has 0 saturated heterocycles. The van der Waals surface area contributed by atoms with E-state index in [1.807, 2.05) is 42.5 Å². The molecule has 0 aromatic heterocycles. The largest absolute Gasteiger partial charge is 0.496 e. The van der Waals surface area contributed by atoms with E-state index >= 15 is 0 Å². The number of carbonyl (C=O) groups is 1. The van der Waals surface area contributed by atoms with Crippen molar-refractivity contribution in [2.24, 2.45) is 0 Å². The molecule has 0 spiro atoms. The molecule has 2 aromatic carbocycles. The Labute approximate surface area is 146 Å². The van der Waals surface area contributed by atoms with Crippen molar-refractivity contribution >= 4 is 5.91 Å². The number of amides is 1. The molecule has 1 heterocycles. The third-order valence-electron chi connectivity index (χ3n) is 4.03. The minimum Gasteiger partial charge on any atom is -0.496 e. The van der Waals surface area contributed by atoms with Gasteiger partial charge in [-0.25, -0.2) is 0 Å². The number of hydrogen-bond donors (Lipinski definition) is 1. The fraction of sp³-hybridized carbons (Fsp3) is 0.316. The minimum absolute atomic E-state index is 0.176. The number of nitrogens with one attached hydrogen (secondary N) is 1. The Morgan fingerprint density at radius 2 is 1.88 bits per heavy atom. The Hall–Kier alpha value is -2.73. The van der Waals surface area contributed by atoms with Crippen LogP contribution in [0.25, 0.3) is 0 Å². The molecule has 0 radical (unpaired) electrons. The van der Waals surface area contributed by atoms with E-state index in [0.717, 1.165) is 11.3 Å². The van der Waals surface area contributed by atoms with Crippen LogP contribution in [0.15, 0.2) is 48.5 Å². The maximum Gasteiger partial charge on any atom is 0.264 e. The van der Waals surface area contributed by atoms with Gasteiger partial charge in [0.15, 0.2) is 11.5 Å². The van der Waals surface area contributed by atoms with Gasteiger partial charge >= 0.3 is 0 Å². The van der Waals surface area contributed by atoms with Crippen molar-refractivity contribution in [3.05, 3.63) is 54.1 Å². The Balaban J connectivity index is 1.61. The molecule has 1 N–H and O–H groups in total. The highest BCUT2D eigenvalue weighted by molar-refractivity contribution is 5.81. The average molecular weight is 343 g/mol. The molecule has 0 saturated carbocycles. The van der Waals surface area contributed by atoms with Crippen molar-refractivity contribution < 1.29 is 23.7 Å². The zero-order valence-corrected chi connectivity index (χ0v) is 14.2. The fourth-order valence-electron chi connectivity index (χ4n) is 2.71. The van der Waals surface area contributed by atoms with E-state index in [1.54, 1.807) is 20.3 Å². The van der Waals surface area contributed by atoms with Crippen LogP contribution in [0.2, 0.25) is 0 Å². The van der Waals surface area contributed by atoms with Crippen molar-refractivity contribution in [2.45, 2.75) is 12.2 Å². The van der Waals surface area contributed by atoms with Gasteiger partial charge in [-0.3, -0.25) is 4.79 Å². The Morgan fingerprint density at radius 3 is 2.64 bits per heavy atom. The van der Waals surface area contributed by atoms with Crippen LogP contribution in [0.4, 0.5) is 0 Å². The molecule has 25 heavy (non-hydrogen) atoms. The number of ether oxygens (including phenoxy) is 4. The molecule has 132 valence electrons. The quantitative estimate of drug-likeness (QED) is 0.872. The van der Waals surface area contributed by atoms with Crippen LogP contribution in [0.3, 0.4) is 0 Å². The van der Waals surface area contributed by atoms with Gasteiger partial charge in [-0.15, -0.1) is 0 Å². The Bertz CT molecular complexity index is 733. The maximum atomic E-state index is 12.4. The highest BCUT2D eigenvalue weighted by atomic mass is 16.6. The third kappa shape index (κ3) is 3.85. The first-order valence-corrected chi connectivity index (χ1v) is 8.05. The zero-order valence-electron chi connectivity index (χ0n) is 14.2. The summed E-state index contributed by atoms with van der Waals surface area (Å²) in [6, 6.07) is 14.9. The predicted octanol–water partition coefficient (Wildman–Crippen LogP) is 2.34. The van der Waals surface area contributed by atoms with E-state index in [4.69, 9.17) is 18.9 Å². The van der Waals surface area contributed by atoms with E-state index < -0.39 is 6.10 Å². The lowest BCUT2D eigenvalue weighted by Gasteiger charge is -2.26. The molecule has 1 aliphatic rings. The second-order valence-electron chi connectivity index (χ2n) is 5.58. The molecule has 0 aliphatic carbocycles. The first-order valence-electron chi connectivity index (χ1n) is 8.05. The molecule has 1 amide bonds. The Morgan fingerprint density at radius 1 is 1.16 bits per heavy atom. The van der Waals surface area contributed by atoms with Crippen molar-refractivity contribution in [1.82, 2.24) is 5.32 Å². The molecule has 2 atom stereocenters. The monoisotopic (exact) mass is 343 g/mol. The van der Waals surface area contributed by atoms with Crippen LogP contribution in [-0.4, -0.2) is 39.4 Å². The van der Waals surface area contributed by atoms with Gasteiger partial charge in [0.05, 0.1) is 7.11 Å². The SMILES string of the molecule is COc1ccccc1C(CNC(=O)C1COc2ccccc2O1)OC. The number of hydrogen-bond acceptors (Lipinski definition) is 5. The Kier molecular flexibility index (Phi) is 5.40. The third-order valence-corrected chi connectivity index (χ3v) is 4.03. The van der Waals surface area contributed by atoms with E-state index in [0.29, 0.717) is 18.0 Å². The number of para-hydroxylation sites is 3. The first-order chi connectivity index (χ1) is 12.2. The molecule has 6 nitrogen and oxygen atoms in total. The van der Waals surface area contributed by atoms with E-state index in [1.165, 1.54) is 0 Å². The lowest BCUT2D eigenvalue weighted by molar-refractivity contribution is -0.130. The van der Waals surface area contributed by atoms with E-state index in [-0.39, 0.29) is 18.6 Å². The van der Waals surface area contributed by atoms with Gasteiger partial charge in [-0.05, 0) is 18.2 Å². The molecule has 2 aromatic rings. The summed E-state index contributed by atoms with van der Waals surface area (Å²) >= 11 is 0. The second kappa shape index (κ2) is 7.90. The number of methoxy groups -OCH3 is 2. The highest BCUT2D eigenvalue weighted by Gasteiger charge is 2.28. The van der Waals surface area contributed by atoms with Crippen LogP contribution in [0.1, 0.15) is 11.7 Å². The summed E-state index contributed by atoms with van der Waals surface area (Å²) in [5, 5.41) is 2.86. The van der Waals surface area contributed by atoms with Crippen molar-refractivity contribution in [2.75, 3.05) is 27.4 Å². The number of benzene rings is 2. The highest BCUT2D eigenvalue weighted by Crippen LogP contribution is 2.31. The van der Waals surface area contributed by atoms with Crippen LogP contribution in [0, 0.1) is 0 Å². The summed E-state index contributed by atoms with van der Waals surface area (Å²) in [6.07, 6.45) is -1.01. The molecule has 2 unspecified atom stereocenters. The van der Waals surface area contributed by atoms with Gasteiger partial charge in [-0.2, -0.15) is 0 Å². The molecule has 0 fully saturated rings. The number of rotatable bonds is 6. The standard InChI is InChI=1S/C19H21NO5/c1-22-14-8-4-3-7-13(14)17(23-2)11-20-19(21)18-12-24-15-9-5-6-10-16(15)25-18/h3-10,17-18H,11-12H2,1-2H3,(H,20,21). The van der Waals surface area contributed by atoms with Crippen LogP contribution in [0.5, 0.6) is 17.2 Å². The summed E-state index contributed by atoms with van der Waals surface area (Å²) in [5.41, 5.74) is 0.874. The van der Waals surface area contributed by atoms with E-state index in [9.17, 15) is 4.79 Å². The lowest BCUT2D eigenvalue weighted by Crippen LogP contribution is -2.45. The predicted molar refractivity (Wildman–Crippen MR) is 92.1 cm³/mol. The van der Waals surface area contributed by atoms with Gasteiger partial charge in [0, 0.05) is 19.2 Å². The van der Waals surface area contributed by atoms with Gasteiger partial charge < -0.3 is 24.3 Å². The lowest BCUT2D eigenvalue weighted by atomic mass is 10.1.